The minimum atomic E-state index is -0.885. The number of ether oxygens (including phenoxy) is 1. The molecule has 1 N–H and O–H groups in total. The van der Waals surface area contributed by atoms with Crippen molar-refractivity contribution in [1.82, 2.24) is 14.8 Å². The van der Waals surface area contributed by atoms with E-state index in [4.69, 9.17) is 9.84 Å². The number of aryl methyl sites for hydroxylation is 1. The van der Waals surface area contributed by atoms with Crippen molar-refractivity contribution in [3.63, 3.8) is 0 Å². The van der Waals surface area contributed by atoms with Gasteiger partial charge in [-0.05, 0) is 6.07 Å². The largest absolute Gasteiger partial charge is 0.485 e. The number of carboxylic acid groups (broad SMARTS) is 1. The zero-order valence-electron chi connectivity index (χ0n) is 9.91. The third-order valence-electron chi connectivity index (χ3n) is 2.48. The van der Waals surface area contributed by atoms with E-state index in [2.05, 4.69) is 10.2 Å². The second-order valence-electron chi connectivity index (χ2n) is 3.82. The number of hydrogen-bond donors (Lipinski definition) is 1. The van der Waals surface area contributed by atoms with Gasteiger partial charge in [-0.15, -0.1) is 10.2 Å². The summed E-state index contributed by atoms with van der Waals surface area (Å²) in [6.07, 6.45) is 1.52. The lowest BCUT2D eigenvalue weighted by Gasteiger charge is -2.09. The van der Waals surface area contributed by atoms with Crippen LogP contribution in [0.1, 0.15) is 11.4 Å². The first-order chi connectivity index (χ1) is 8.66. The number of hydrogen-bond acceptors (Lipinski definition) is 4. The van der Waals surface area contributed by atoms with Gasteiger partial charge in [0.05, 0.1) is 6.42 Å². The minimum Gasteiger partial charge on any atom is -0.485 e. The summed E-state index contributed by atoms with van der Waals surface area (Å²) >= 11 is 0. The second kappa shape index (κ2) is 5.31. The maximum atomic E-state index is 10.7. The summed E-state index contributed by atoms with van der Waals surface area (Å²) in [6.45, 7) is 0.257. The summed E-state index contributed by atoms with van der Waals surface area (Å²) < 4.78 is 7.33. The SMILES string of the molecule is Cn1cnnc1COc1ccccc1CC(=O)O. The van der Waals surface area contributed by atoms with E-state index in [0.29, 0.717) is 17.1 Å². The number of aliphatic carboxylic acids is 1. The van der Waals surface area contributed by atoms with Crippen molar-refractivity contribution in [1.29, 1.82) is 0 Å². The van der Waals surface area contributed by atoms with Crippen LogP contribution in [0, 0.1) is 0 Å². The molecule has 0 aliphatic rings. The predicted molar refractivity (Wildman–Crippen MR) is 63.1 cm³/mol. The van der Waals surface area contributed by atoms with Crippen molar-refractivity contribution in [3.8, 4) is 5.75 Å². The molecule has 0 bridgehead atoms. The fourth-order valence-corrected chi connectivity index (χ4v) is 1.53. The van der Waals surface area contributed by atoms with Crippen LogP contribution in [-0.4, -0.2) is 25.8 Å². The quantitative estimate of drug-likeness (QED) is 0.853. The molecule has 1 heterocycles. The van der Waals surface area contributed by atoms with Crippen molar-refractivity contribution in [3.05, 3.63) is 42.0 Å². The lowest BCUT2D eigenvalue weighted by Crippen LogP contribution is -2.06. The van der Waals surface area contributed by atoms with Gasteiger partial charge in [0.2, 0.25) is 0 Å². The van der Waals surface area contributed by atoms with Crippen molar-refractivity contribution < 1.29 is 14.6 Å². The van der Waals surface area contributed by atoms with Gasteiger partial charge in [0.1, 0.15) is 18.7 Å². The van der Waals surface area contributed by atoms with Crippen LogP contribution in [0.15, 0.2) is 30.6 Å². The molecule has 6 heteroatoms. The maximum Gasteiger partial charge on any atom is 0.307 e. The molecule has 0 aliphatic heterocycles. The average molecular weight is 247 g/mol. The lowest BCUT2D eigenvalue weighted by atomic mass is 10.1. The van der Waals surface area contributed by atoms with E-state index in [1.165, 1.54) is 0 Å². The predicted octanol–water partition coefficient (Wildman–Crippen LogP) is 1.02. The third kappa shape index (κ3) is 2.85. The van der Waals surface area contributed by atoms with Gasteiger partial charge in [-0.3, -0.25) is 4.79 Å². The zero-order valence-corrected chi connectivity index (χ0v) is 9.91. The van der Waals surface area contributed by atoms with Gasteiger partial charge >= 0.3 is 5.97 Å². The molecule has 0 saturated carbocycles. The second-order valence-corrected chi connectivity index (χ2v) is 3.82. The molecular weight excluding hydrogens is 234 g/mol. The Balaban J connectivity index is 2.09. The first kappa shape index (κ1) is 12.1. The fraction of sp³-hybridized carbons (Fsp3) is 0.250. The molecule has 1 aromatic heterocycles. The first-order valence-corrected chi connectivity index (χ1v) is 5.42. The normalized spacial score (nSPS) is 10.3. The molecule has 0 spiro atoms. The van der Waals surface area contributed by atoms with E-state index in [-0.39, 0.29) is 13.0 Å². The number of aromatic nitrogens is 3. The molecule has 1 aromatic carbocycles. The van der Waals surface area contributed by atoms with Gasteiger partial charge in [0.25, 0.3) is 0 Å². The molecule has 0 atom stereocenters. The zero-order chi connectivity index (χ0) is 13.0. The van der Waals surface area contributed by atoms with Crippen LogP contribution in [0.25, 0.3) is 0 Å². The van der Waals surface area contributed by atoms with Crippen LogP contribution in [0.2, 0.25) is 0 Å². The molecule has 2 aromatic rings. The van der Waals surface area contributed by atoms with Gasteiger partial charge in [0.15, 0.2) is 5.82 Å². The van der Waals surface area contributed by atoms with Crippen LogP contribution < -0.4 is 4.74 Å². The summed E-state index contributed by atoms with van der Waals surface area (Å²) in [5, 5.41) is 16.4. The Kier molecular flexibility index (Phi) is 3.57. The highest BCUT2D eigenvalue weighted by atomic mass is 16.5. The maximum absolute atomic E-state index is 10.7. The Morgan fingerprint density at radius 3 is 2.89 bits per heavy atom. The average Bonchev–Trinajstić information content (AvgIpc) is 2.73. The van der Waals surface area contributed by atoms with E-state index in [1.807, 2.05) is 7.05 Å². The van der Waals surface area contributed by atoms with Gasteiger partial charge in [-0.25, -0.2) is 0 Å². The highest BCUT2D eigenvalue weighted by molar-refractivity contribution is 5.71. The molecule has 0 fully saturated rings. The Labute approximate surface area is 104 Å². The van der Waals surface area contributed by atoms with E-state index in [1.54, 1.807) is 35.2 Å². The number of carbonyl (C=O) groups is 1. The van der Waals surface area contributed by atoms with Crippen molar-refractivity contribution >= 4 is 5.97 Å². The van der Waals surface area contributed by atoms with Crippen molar-refractivity contribution in [2.24, 2.45) is 7.05 Å². The van der Waals surface area contributed by atoms with Crippen molar-refractivity contribution in [2.45, 2.75) is 13.0 Å². The summed E-state index contributed by atoms with van der Waals surface area (Å²) in [7, 11) is 1.82. The number of para-hydroxylation sites is 1. The van der Waals surface area contributed by atoms with Gasteiger partial charge in [0, 0.05) is 12.6 Å². The number of rotatable bonds is 5. The Bertz CT molecular complexity index is 551. The minimum absolute atomic E-state index is 0.0605. The molecule has 0 saturated heterocycles. The topological polar surface area (TPSA) is 77.2 Å². The summed E-state index contributed by atoms with van der Waals surface area (Å²) in [5.74, 6) is 0.354. The molecule has 0 unspecified atom stereocenters. The molecule has 18 heavy (non-hydrogen) atoms. The number of carboxylic acids is 1. The summed E-state index contributed by atoms with van der Waals surface area (Å²) in [5.41, 5.74) is 0.646. The lowest BCUT2D eigenvalue weighted by molar-refractivity contribution is -0.136. The van der Waals surface area contributed by atoms with Crippen LogP contribution in [0.4, 0.5) is 0 Å². The van der Waals surface area contributed by atoms with Crippen LogP contribution in [-0.2, 0) is 24.9 Å². The molecular formula is C12H13N3O3. The first-order valence-electron chi connectivity index (χ1n) is 5.42. The smallest absolute Gasteiger partial charge is 0.307 e. The molecule has 0 aliphatic carbocycles. The Morgan fingerprint density at radius 2 is 2.22 bits per heavy atom. The van der Waals surface area contributed by atoms with Crippen molar-refractivity contribution in [2.75, 3.05) is 0 Å². The Hall–Kier alpha value is -2.37. The molecule has 0 radical (unpaired) electrons. The highest BCUT2D eigenvalue weighted by Crippen LogP contribution is 2.19. The fourth-order valence-electron chi connectivity index (χ4n) is 1.53. The van der Waals surface area contributed by atoms with Gasteiger partial charge in [-0.2, -0.15) is 0 Å². The van der Waals surface area contributed by atoms with Gasteiger partial charge in [-0.1, -0.05) is 18.2 Å². The van der Waals surface area contributed by atoms with Gasteiger partial charge < -0.3 is 14.4 Å². The van der Waals surface area contributed by atoms with E-state index in [9.17, 15) is 4.79 Å². The molecule has 2 rings (SSSR count). The molecule has 6 nitrogen and oxygen atoms in total. The number of nitrogens with zero attached hydrogens (tertiary/aromatic N) is 3. The van der Waals surface area contributed by atoms with Crippen LogP contribution in [0.3, 0.4) is 0 Å². The highest BCUT2D eigenvalue weighted by Gasteiger charge is 2.08. The number of benzene rings is 1. The molecule has 94 valence electrons. The summed E-state index contributed by atoms with van der Waals surface area (Å²) in [6, 6.07) is 7.07. The van der Waals surface area contributed by atoms with E-state index < -0.39 is 5.97 Å². The molecule has 0 amide bonds. The Morgan fingerprint density at radius 1 is 1.44 bits per heavy atom. The van der Waals surface area contributed by atoms with Crippen LogP contribution >= 0.6 is 0 Å². The monoisotopic (exact) mass is 247 g/mol. The standard InChI is InChI=1S/C12H13N3O3/c1-15-8-13-14-11(15)7-18-10-5-3-2-4-9(10)6-12(16)17/h2-5,8H,6-7H2,1H3,(H,16,17). The summed E-state index contributed by atoms with van der Waals surface area (Å²) in [4.78, 5) is 10.7. The van der Waals surface area contributed by atoms with E-state index >= 15 is 0 Å². The van der Waals surface area contributed by atoms with E-state index in [0.717, 1.165) is 0 Å². The van der Waals surface area contributed by atoms with Crippen LogP contribution in [0.5, 0.6) is 5.75 Å². The third-order valence-corrected chi connectivity index (χ3v) is 2.48.